The van der Waals surface area contributed by atoms with E-state index in [1.807, 2.05) is 30.4 Å². The molecule has 1 aromatic carbocycles. The van der Waals surface area contributed by atoms with Crippen molar-refractivity contribution in [2.75, 3.05) is 0 Å². The Morgan fingerprint density at radius 1 is 1.33 bits per heavy atom. The van der Waals surface area contributed by atoms with Crippen molar-refractivity contribution in [3.63, 3.8) is 0 Å². The molecule has 0 aliphatic heterocycles. The molecule has 0 aromatic heterocycles. The molecule has 4 heteroatoms. The molecule has 1 aliphatic carbocycles. The summed E-state index contributed by atoms with van der Waals surface area (Å²) in [7, 11) is 0. The minimum absolute atomic E-state index is 0.161. The number of allylic oxidation sites excluding steroid dienone is 1. The Balaban J connectivity index is 2.03. The van der Waals surface area contributed by atoms with E-state index in [2.05, 4.69) is 5.32 Å². The summed E-state index contributed by atoms with van der Waals surface area (Å²) in [6.45, 7) is 0.436. The van der Waals surface area contributed by atoms with E-state index in [4.69, 9.17) is 4.74 Å². The van der Waals surface area contributed by atoms with Crippen LogP contribution in [0.25, 0.3) is 0 Å². The Kier molecular flexibility index (Phi) is 4.12. The number of benzene rings is 1. The lowest BCUT2D eigenvalue weighted by Crippen LogP contribution is -2.44. The van der Waals surface area contributed by atoms with E-state index in [0.717, 1.165) is 12.8 Å². The third-order valence-electron chi connectivity index (χ3n) is 2.93. The Bertz CT molecular complexity index is 442. The average molecular weight is 245 g/mol. The maximum atomic E-state index is 12.0. The molecule has 0 heterocycles. The van der Waals surface area contributed by atoms with E-state index in [0.29, 0.717) is 12.0 Å². The third-order valence-corrected chi connectivity index (χ3v) is 2.93. The molecule has 0 bridgehead atoms. The summed E-state index contributed by atoms with van der Waals surface area (Å²) in [5, 5.41) is 2.86. The van der Waals surface area contributed by atoms with Gasteiger partial charge in [-0.1, -0.05) is 30.4 Å². The first-order chi connectivity index (χ1) is 8.81. The van der Waals surface area contributed by atoms with Gasteiger partial charge in [-0.2, -0.15) is 0 Å². The molecule has 94 valence electrons. The number of rotatable bonds is 4. The monoisotopic (exact) mass is 245 g/mol. The van der Waals surface area contributed by atoms with Gasteiger partial charge in [-0.05, 0) is 25.0 Å². The molecule has 0 saturated heterocycles. The molecule has 4 nitrogen and oxygen atoms in total. The second-order valence-corrected chi connectivity index (χ2v) is 4.14. The third kappa shape index (κ3) is 2.97. The summed E-state index contributed by atoms with van der Waals surface area (Å²) in [4.78, 5) is 22.4. The predicted molar refractivity (Wildman–Crippen MR) is 67.0 cm³/mol. The fraction of sp³-hybridized carbons (Fsp3) is 0.286. The maximum absolute atomic E-state index is 12.0. The normalized spacial score (nSPS) is 22.2. The standard InChI is InChI=1S/C14H15NO3/c16-10-18-13-9-5-4-8-12(13)15-14(17)11-6-2-1-3-7-11/h1-4,6-8,10,12-13H,5,9H2,(H,15,17)/t12-,13-/m0/s1. The topological polar surface area (TPSA) is 55.4 Å². The molecule has 0 radical (unpaired) electrons. The number of hydrogen-bond donors (Lipinski definition) is 1. The van der Waals surface area contributed by atoms with Crippen molar-refractivity contribution in [1.29, 1.82) is 0 Å². The van der Waals surface area contributed by atoms with E-state index in [1.54, 1.807) is 12.1 Å². The number of carbonyl (C=O) groups excluding carboxylic acids is 2. The Morgan fingerprint density at radius 3 is 2.83 bits per heavy atom. The Morgan fingerprint density at radius 2 is 2.11 bits per heavy atom. The fourth-order valence-electron chi connectivity index (χ4n) is 2.00. The van der Waals surface area contributed by atoms with Crippen LogP contribution in [0.5, 0.6) is 0 Å². The number of hydrogen-bond acceptors (Lipinski definition) is 3. The molecule has 1 amide bonds. The predicted octanol–water partition coefficient (Wildman–Crippen LogP) is 1.68. The van der Waals surface area contributed by atoms with Crippen molar-refractivity contribution < 1.29 is 14.3 Å². The van der Waals surface area contributed by atoms with Gasteiger partial charge in [0.2, 0.25) is 0 Å². The smallest absolute Gasteiger partial charge is 0.293 e. The van der Waals surface area contributed by atoms with Crippen molar-refractivity contribution in [2.24, 2.45) is 0 Å². The summed E-state index contributed by atoms with van der Waals surface area (Å²) >= 11 is 0. The fourth-order valence-corrected chi connectivity index (χ4v) is 2.00. The van der Waals surface area contributed by atoms with Gasteiger partial charge < -0.3 is 10.1 Å². The number of nitrogens with one attached hydrogen (secondary N) is 1. The number of ether oxygens (including phenoxy) is 1. The molecule has 0 saturated carbocycles. The van der Waals surface area contributed by atoms with Crippen LogP contribution in [0.3, 0.4) is 0 Å². The van der Waals surface area contributed by atoms with E-state index < -0.39 is 0 Å². The SMILES string of the molecule is O=CO[C@H]1CCC=C[C@@H]1NC(=O)c1ccccc1. The van der Waals surface area contributed by atoms with Gasteiger partial charge >= 0.3 is 0 Å². The van der Waals surface area contributed by atoms with Crippen LogP contribution >= 0.6 is 0 Å². The van der Waals surface area contributed by atoms with Crippen molar-refractivity contribution in [1.82, 2.24) is 5.32 Å². The van der Waals surface area contributed by atoms with Crippen LogP contribution in [0.1, 0.15) is 23.2 Å². The van der Waals surface area contributed by atoms with Crippen LogP contribution < -0.4 is 5.32 Å². The zero-order chi connectivity index (χ0) is 12.8. The quantitative estimate of drug-likeness (QED) is 0.648. The maximum Gasteiger partial charge on any atom is 0.293 e. The summed E-state index contributed by atoms with van der Waals surface area (Å²) in [5.74, 6) is -0.161. The van der Waals surface area contributed by atoms with Gasteiger partial charge in [-0.3, -0.25) is 9.59 Å². The lowest BCUT2D eigenvalue weighted by molar-refractivity contribution is -0.134. The molecular weight excluding hydrogens is 230 g/mol. The number of amides is 1. The first kappa shape index (κ1) is 12.4. The van der Waals surface area contributed by atoms with Crippen LogP contribution in [0, 0.1) is 0 Å². The minimum Gasteiger partial charge on any atom is -0.462 e. The molecule has 0 fully saturated rings. The highest BCUT2D eigenvalue weighted by Crippen LogP contribution is 2.15. The highest BCUT2D eigenvalue weighted by atomic mass is 16.5. The first-order valence-electron chi connectivity index (χ1n) is 5.93. The highest BCUT2D eigenvalue weighted by molar-refractivity contribution is 5.94. The van der Waals surface area contributed by atoms with E-state index >= 15 is 0 Å². The second kappa shape index (κ2) is 6.00. The van der Waals surface area contributed by atoms with Crippen molar-refractivity contribution in [3.8, 4) is 0 Å². The molecule has 1 N–H and O–H groups in total. The zero-order valence-electron chi connectivity index (χ0n) is 9.91. The van der Waals surface area contributed by atoms with Crippen LogP contribution in [-0.4, -0.2) is 24.5 Å². The summed E-state index contributed by atoms with van der Waals surface area (Å²) < 4.78 is 4.99. The van der Waals surface area contributed by atoms with Crippen molar-refractivity contribution in [2.45, 2.75) is 25.0 Å². The number of carbonyl (C=O) groups is 2. The minimum atomic E-state index is -0.278. The van der Waals surface area contributed by atoms with E-state index in [-0.39, 0.29) is 18.1 Å². The average Bonchev–Trinajstić information content (AvgIpc) is 2.42. The molecule has 1 aliphatic rings. The van der Waals surface area contributed by atoms with Crippen LogP contribution in [0.4, 0.5) is 0 Å². The van der Waals surface area contributed by atoms with E-state index in [9.17, 15) is 9.59 Å². The van der Waals surface area contributed by atoms with Crippen LogP contribution in [-0.2, 0) is 9.53 Å². The largest absolute Gasteiger partial charge is 0.462 e. The molecule has 0 unspecified atom stereocenters. The summed E-state index contributed by atoms with van der Waals surface area (Å²) in [5.41, 5.74) is 0.598. The first-order valence-corrected chi connectivity index (χ1v) is 5.93. The molecule has 1 aromatic rings. The Hall–Kier alpha value is -2.10. The van der Waals surface area contributed by atoms with Gasteiger partial charge in [0.25, 0.3) is 12.4 Å². The molecule has 18 heavy (non-hydrogen) atoms. The van der Waals surface area contributed by atoms with Crippen LogP contribution in [0.15, 0.2) is 42.5 Å². The molecule has 2 atom stereocenters. The van der Waals surface area contributed by atoms with Gasteiger partial charge in [0, 0.05) is 5.56 Å². The van der Waals surface area contributed by atoms with Crippen LogP contribution in [0.2, 0.25) is 0 Å². The van der Waals surface area contributed by atoms with Crippen molar-refractivity contribution in [3.05, 3.63) is 48.0 Å². The lowest BCUT2D eigenvalue weighted by atomic mass is 9.99. The molecule has 2 rings (SSSR count). The highest BCUT2D eigenvalue weighted by Gasteiger charge is 2.24. The molecule has 0 spiro atoms. The van der Waals surface area contributed by atoms with Gasteiger partial charge in [-0.25, -0.2) is 0 Å². The summed E-state index contributed by atoms with van der Waals surface area (Å²) in [6.07, 6.45) is 5.17. The van der Waals surface area contributed by atoms with Gasteiger partial charge in [0.05, 0.1) is 6.04 Å². The van der Waals surface area contributed by atoms with Gasteiger partial charge in [0.1, 0.15) is 6.10 Å². The molecular formula is C14H15NO3. The summed E-state index contributed by atoms with van der Waals surface area (Å²) in [6, 6.07) is 8.72. The van der Waals surface area contributed by atoms with Crippen molar-refractivity contribution >= 4 is 12.4 Å². The van der Waals surface area contributed by atoms with E-state index in [1.165, 1.54) is 0 Å². The van der Waals surface area contributed by atoms with Gasteiger partial charge in [-0.15, -0.1) is 0 Å². The second-order valence-electron chi connectivity index (χ2n) is 4.14. The zero-order valence-corrected chi connectivity index (χ0v) is 9.91. The Labute approximate surface area is 106 Å². The lowest BCUT2D eigenvalue weighted by Gasteiger charge is -2.26. The van der Waals surface area contributed by atoms with Gasteiger partial charge in [0.15, 0.2) is 0 Å².